The summed E-state index contributed by atoms with van der Waals surface area (Å²) < 4.78 is 0. The molecular weight excluding hydrogens is 194 g/mol. The minimum absolute atomic E-state index is 0. The fraction of sp³-hybridized carbons (Fsp3) is 0. The van der Waals surface area contributed by atoms with Crippen LogP contribution in [0.4, 0.5) is 0 Å². The average Bonchev–Trinajstić information content (AvgIpc) is 1.38. The molecule has 0 unspecified atom stereocenters. The van der Waals surface area contributed by atoms with Crippen molar-refractivity contribution in [3.63, 3.8) is 0 Å². The summed E-state index contributed by atoms with van der Waals surface area (Å²) >= 11 is 4.18. The van der Waals surface area contributed by atoms with Gasteiger partial charge in [0.25, 0.3) is 0 Å². The van der Waals surface area contributed by atoms with Crippen molar-refractivity contribution in [1.82, 2.24) is 5.43 Å². The van der Waals surface area contributed by atoms with Gasteiger partial charge in [-0.2, -0.15) is 0 Å². The van der Waals surface area contributed by atoms with Crippen LogP contribution in [0.5, 0.6) is 0 Å². The Balaban J connectivity index is 0. The Hall–Kier alpha value is 0.390. The molecule has 6 heavy (non-hydrogen) atoms. The Morgan fingerprint density at radius 3 is 2.00 bits per heavy atom. The summed E-state index contributed by atoms with van der Waals surface area (Å²) in [5, 5.41) is 0.00463. The van der Waals surface area contributed by atoms with Crippen LogP contribution in [-0.2, 0) is 22.4 Å². The second-order valence-electron chi connectivity index (χ2n) is 0.489. The van der Waals surface area contributed by atoms with Crippen LogP contribution < -0.4 is 11.2 Å². The van der Waals surface area contributed by atoms with E-state index in [0.29, 0.717) is 0 Å². The van der Waals surface area contributed by atoms with E-state index in [2.05, 4.69) is 12.2 Å². The summed E-state index contributed by atoms with van der Waals surface area (Å²) in [6.07, 6.45) is 0. The first kappa shape index (κ1) is 9.63. The average molecular weight is 198 g/mol. The van der Waals surface area contributed by atoms with E-state index in [4.69, 9.17) is 11.6 Å². The van der Waals surface area contributed by atoms with Gasteiger partial charge in [-0.3, -0.25) is 0 Å². The van der Waals surface area contributed by atoms with Crippen molar-refractivity contribution in [1.29, 1.82) is 0 Å². The molecule has 40 valence electrons. The van der Waals surface area contributed by atoms with E-state index >= 15 is 0 Å². The molecule has 4 N–H and O–H groups in total. The zero-order chi connectivity index (χ0) is 4.28. The quantitative estimate of drug-likeness (QED) is 0.321. The molecule has 0 saturated carbocycles. The van der Waals surface area contributed by atoms with Crippen molar-refractivity contribution in [3.05, 3.63) is 5.84 Å². The molecule has 0 aliphatic carbocycles. The molecule has 0 bridgehead atoms. The van der Waals surface area contributed by atoms with Gasteiger partial charge >= 0.3 is 22.4 Å². The number of rotatable bonds is 0. The summed E-state index contributed by atoms with van der Waals surface area (Å²) in [4.78, 5) is 0. The number of nitrogens with two attached hydrogens (primary N) is 1. The maximum absolute atomic E-state index is 6.14. The van der Waals surface area contributed by atoms with Gasteiger partial charge in [0, 0.05) is 0 Å². The first-order valence-corrected chi connectivity index (χ1v) is 1.40. The molecule has 0 spiro atoms. The van der Waals surface area contributed by atoms with Crippen molar-refractivity contribution in [2.45, 2.75) is 0 Å². The van der Waals surface area contributed by atoms with E-state index in [1.54, 1.807) is 5.43 Å². The monoisotopic (exact) mass is 197 g/mol. The first-order valence-electron chi connectivity index (χ1n) is 0.993. The maximum Gasteiger partial charge on any atom is 1.00 e. The van der Waals surface area contributed by atoms with Crippen molar-refractivity contribution in [3.8, 4) is 0 Å². The Morgan fingerprint density at radius 1 is 1.83 bits per heavy atom. The maximum atomic E-state index is 6.14. The second kappa shape index (κ2) is 5.39. The summed E-state index contributed by atoms with van der Waals surface area (Å²) in [5.74, 6) is 6.14. The molecular formula is CH4AgN3S. The van der Waals surface area contributed by atoms with Gasteiger partial charge in [-0.1, -0.05) is 0 Å². The molecule has 0 aliphatic heterocycles. The normalized spacial score (nSPS) is 5.50. The fourth-order valence-electron chi connectivity index (χ4n) is 0. The van der Waals surface area contributed by atoms with Gasteiger partial charge in [-0.15, -0.1) is 0 Å². The Morgan fingerprint density at radius 2 is 2.00 bits per heavy atom. The van der Waals surface area contributed by atoms with Crippen LogP contribution in [0.1, 0.15) is 0 Å². The topological polar surface area (TPSA) is 61.8 Å². The zero-order valence-electron chi connectivity index (χ0n) is 2.79. The second-order valence-corrected chi connectivity index (χ2v) is 0.929. The Labute approximate surface area is 56.9 Å². The molecule has 0 aliphatic rings. The molecule has 0 saturated heterocycles. The first-order chi connectivity index (χ1) is 2.27. The van der Waals surface area contributed by atoms with Crippen LogP contribution in [0.2, 0.25) is 0 Å². The van der Waals surface area contributed by atoms with Crippen LogP contribution in [0.25, 0.3) is 5.84 Å². The molecule has 0 aromatic heterocycles. The van der Waals surface area contributed by atoms with Gasteiger partial charge in [-0.05, 0) is 12.2 Å². The SMILES string of the molecule is [Ag+].[NH-]NC(N)=S. The molecule has 0 amide bonds. The van der Waals surface area contributed by atoms with E-state index in [9.17, 15) is 0 Å². The predicted molar refractivity (Wildman–Crippen MR) is 24.2 cm³/mol. The van der Waals surface area contributed by atoms with Gasteiger partial charge in [0.15, 0.2) is 0 Å². The molecule has 0 aromatic carbocycles. The summed E-state index contributed by atoms with van der Waals surface area (Å²) in [6.45, 7) is 0. The molecule has 0 heterocycles. The molecule has 3 nitrogen and oxygen atoms in total. The van der Waals surface area contributed by atoms with E-state index in [-0.39, 0.29) is 27.5 Å². The Kier molecular flexibility index (Phi) is 8.65. The minimum atomic E-state index is 0. The number of hydrogen-bond acceptors (Lipinski definition) is 1. The molecule has 0 aromatic rings. The number of nitrogens with one attached hydrogen (secondary N) is 2. The number of thiocarbonyl (C=S) groups is 1. The largest absolute Gasteiger partial charge is 1.00 e. The van der Waals surface area contributed by atoms with Crippen LogP contribution in [0.15, 0.2) is 0 Å². The van der Waals surface area contributed by atoms with Crippen LogP contribution in [0, 0.1) is 0 Å². The molecule has 0 radical (unpaired) electrons. The van der Waals surface area contributed by atoms with Gasteiger partial charge < -0.3 is 17.0 Å². The summed E-state index contributed by atoms with van der Waals surface area (Å²) in [7, 11) is 0. The molecule has 0 atom stereocenters. The van der Waals surface area contributed by atoms with Crippen LogP contribution >= 0.6 is 12.2 Å². The van der Waals surface area contributed by atoms with Crippen molar-refractivity contribution in [2.75, 3.05) is 0 Å². The predicted octanol–water partition coefficient (Wildman–Crippen LogP) is -0.216. The zero-order valence-corrected chi connectivity index (χ0v) is 5.09. The van der Waals surface area contributed by atoms with Crippen molar-refractivity contribution < 1.29 is 22.4 Å². The number of hydrogen-bond donors (Lipinski definition) is 2. The van der Waals surface area contributed by atoms with E-state index < -0.39 is 0 Å². The van der Waals surface area contributed by atoms with E-state index in [1.165, 1.54) is 0 Å². The Bertz CT molecular complexity index is 46.1. The standard InChI is InChI=1S/CH4N3S.Ag/c2-1(5)4-3;/h3H,(H3,2,4,5);/q-1;+1. The third-order valence-electron chi connectivity index (χ3n) is 0.123. The fourth-order valence-corrected chi connectivity index (χ4v) is 0. The third-order valence-corrected chi connectivity index (χ3v) is 0.225. The van der Waals surface area contributed by atoms with Crippen molar-refractivity contribution in [2.24, 2.45) is 5.73 Å². The molecule has 0 rings (SSSR count). The van der Waals surface area contributed by atoms with Gasteiger partial charge in [0.1, 0.15) is 5.11 Å². The van der Waals surface area contributed by atoms with Crippen LogP contribution in [-0.4, -0.2) is 5.11 Å². The van der Waals surface area contributed by atoms with Gasteiger partial charge in [0.05, 0.1) is 0 Å². The summed E-state index contributed by atoms with van der Waals surface area (Å²) in [6, 6.07) is 0. The summed E-state index contributed by atoms with van der Waals surface area (Å²) in [5.41, 5.74) is 6.51. The van der Waals surface area contributed by atoms with E-state index in [1.807, 2.05) is 0 Å². The van der Waals surface area contributed by atoms with Crippen LogP contribution in [0.3, 0.4) is 0 Å². The molecule has 0 fully saturated rings. The minimum Gasteiger partial charge on any atom is -0.584 e. The third kappa shape index (κ3) is 8.83. The smallest absolute Gasteiger partial charge is 0.584 e. The van der Waals surface area contributed by atoms with Gasteiger partial charge in [-0.25, -0.2) is 0 Å². The van der Waals surface area contributed by atoms with Crippen molar-refractivity contribution >= 4 is 17.3 Å². The van der Waals surface area contributed by atoms with E-state index in [0.717, 1.165) is 0 Å². The van der Waals surface area contributed by atoms with Gasteiger partial charge in [0.2, 0.25) is 0 Å². The molecule has 5 heteroatoms.